The van der Waals surface area contributed by atoms with Crippen LogP contribution in [0.5, 0.6) is 0 Å². The Morgan fingerprint density at radius 3 is 2.81 bits per heavy atom. The highest BCUT2D eigenvalue weighted by Crippen LogP contribution is 2.20. The Morgan fingerprint density at radius 1 is 1.19 bits per heavy atom. The van der Waals surface area contributed by atoms with Crippen LogP contribution in [-0.2, 0) is 12.2 Å². The van der Waals surface area contributed by atoms with Gasteiger partial charge in [0.05, 0.1) is 5.75 Å². The lowest BCUT2D eigenvalue weighted by Crippen LogP contribution is -1.96. The first-order chi connectivity index (χ1) is 10.2. The van der Waals surface area contributed by atoms with Crippen molar-refractivity contribution in [3.05, 3.63) is 45.7 Å². The van der Waals surface area contributed by atoms with E-state index in [1.54, 1.807) is 11.3 Å². The first kappa shape index (κ1) is 14.5. The third kappa shape index (κ3) is 3.11. The quantitative estimate of drug-likeness (QED) is 0.720. The molecule has 0 saturated heterocycles. The van der Waals surface area contributed by atoms with Gasteiger partial charge < -0.3 is 0 Å². The Bertz CT molecular complexity index is 760. The lowest BCUT2D eigenvalue weighted by molar-refractivity contribution is 0.856. The van der Waals surface area contributed by atoms with E-state index < -0.39 is 0 Å². The number of aryl methyl sites for hydroxylation is 2. The van der Waals surface area contributed by atoms with Crippen molar-refractivity contribution in [2.75, 3.05) is 5.75 Å². The topological polar surface area (TPSA) is 43.1 Å². The highest BCUT2D eigenvalue weighted by Gasteiger charge is 2.12. The molecule has 3 aromatic rings. The van der Waals surface area contributed by atoms with Crippen LogP contribution in [0.3, 0.4) is 0 Å². The molecule has 0 spiro atoms. The van der Waals surface area contributed by atoms with Crippen molar-refractivity contribution in [3.8, 4) is 0 Å². The first-order valence-electron chi connectivity index (χ1n) is 7.01. The van der Waals surface area contributed by atoms with Crippen molar-refractivity contribution in [1.82, 2.24) is 19.8 Å². The molecule has 21 heavy (non-hydrogen) atoms. The van der Waals surface area contributed by atoms with Crippen molar-refractivity contribution in [1.29, 1.82) is 0 Å². The number of nitrogens with zero attached hydrogens (tertiary/aromatic N) is 4. The van der Waals surface area contributed by atoms with Crippen molar-refractivity contribution >= 4 is 28.1 Å². The average Bonchev–Trinajstić information content (AvgIpc) is 3.01. The monoisotopic (exact) mass is 318 g/mol. The minimum Gasteiger partial charge on any atom is -0.186 e. The maximum Gasteiger partial charge on any atom is 0.234 e. The number of thioether (sulfide) groups is 1. The van der Waals surface area contributed by atoms with E-state index in [1.807, 2.05) is 16.3 Å². The highest BCUT2D eigenvalue weighted by atomic mass is 32.2. The minimum atomic E-state index is 0.857. The fraction of sp³-hybridized carbons (Fsp3) is 0.400. The van der Waals surface area contributed by atoms with Gasteiger partial charge in [-0.1, -0.05) is 36.5 Å². The molecular formula is C15H18N4S2. The van der Waals surface area contributed by atoms with Crippen LogP contribution in [0, 0.1) is 13.8 Å². The first-order valence-corrected chi connectivity index (χ1v) is 8.98. The number of hydrogen-bond acceptors (Lipinski definition) is 5. The Hall–Kier alpha value is -1.40. The molecule has 0 N–H and O–H groups in total. The minimum absolute atomic E-state index is 0.857. The molecule has 0 fully saturated rings. The summed E-state index contributed by atoms with van der Waals surface area (Å²) in [5.74, 6) is 2.89. The standard InChI is InChI=1S/C15H18N4S2/c1-4-20-9-13-16-17-15-19(13)18-14(21-15)8-12-6-5-10(2)11(3)7-12/h5-7H,4,8-9H2,1-3H3. The summed E-state index contributed by atoms with van der Waals surface area (Å²) >= 11 is 3.46. The van der Waals surface area contributed by atoms with E-state index in [-0.39, 0.29) is 0 Å². The zero-order chi connectivity index (χ0) is 14.8. The molecule has 6 heteroatoms. The highest BCUT2D eigenvalue weighted by molar-refractivity contribution is 7.98. The predicted octanol–water partition coefficient (Wildman–Crippen LogP) is 3.65. The van der Waals surface area contributed by atoms with Gasteiger partial charge in [-0.05, 0) is 36.3 Å². The number of benzene rings is 1. The summed E-state index contributed by atoms with van der Waals surface area (Å²) in [6.45, 7) is 6.44. The van der Waals surface area contributed by atoms with Crippen LogP contribution < -0.4 is 0 Å². The van der Waals surface area contributed by atoms with E-state index in [2.05, 4.69) is 54.3 Å². The van der Waals surface area contributed by atoms with Crippen LogP contribution in [0.2, 0.25) is 0 Å². The molecule has 0 radical (unpaired) electrons. The van der Waals surface area contributed by atoms with E-state index >= 15 is 0 Å². The predicted molar refractivity (Wildman–Crippen MR) is 89.2 cm³/mol. The van der Waals surface area contributed by atoms with Crippen LogP contribution in [0.4, 0.5) is 0 Å². The molecule has 0 aliphatic carbocycles. The summed E-state index contributed by atoms with van der Waals surface area (Å²) in [6, 6.07) is 6.60. The fourth-order valence-electron chi connectivity index (χ4n) is 2.14. The molecular weight excluding hydrogens is 300 g/mol. The van der Waals surface area contributed by atoms with Gasteiger partial charge in [-0.2, -0.15) is 21.4 Å². The molecule has 110 valence electrons. The van der Waals surface area contributed by atoms with E-state index in [0.29, 0.717) is 0 Å². The van der Waals surface area contributed by atoms with E-state index in [1.165, 1.54) is 16.7 Å². The van der Waals surface area contributed by atoms with Gasteiger partial charge in [-0.25, -0.2) is 0 Å². The summed E-state index contributed by atoms with van der Waals surface area (Å²) in [6.07, 6.45) is 0.857. The Balaban J connectivity index is 1.83. The van der Waals surface area contributed by atoms with Crippen molar-refractivity contribution in [2.24, 2.45) is 0 Å². The van der Waals surface area contributed by atoms with E-state index in [4.69, 9.17) is 0 Å². The summed E-state index contributed by atoms with van der Waals surface area (Å²) < 4.78 is 1.89. The Kier molecular flexibility index (Phi) is 4.26. The Labute approximate surface area is 132 Å². The van der Waals surface area contributed by atoms with Crippen LogP contribution in [0.25, 0.3) is 4.96 Å². The fourth-order valence-corrected chi connectivity index (χ4v) is 3.59. The molecule has 0 unspecified atom stereocenters. The van der Waals surface area contributed by atoms with Gasteiger partial charge in [0.1, 0.15) is 5.01 Å². The number of rotatable bonds is 5. The molecule has 3 rings (SSSR count). The zero-order valence-corrected chi connectivity index (χ0v) is 14.1. The molecule has 0 saturated carbocycles. The molecule has 0 aliphatic heterocycles. The summed E-state index contributed by atoms with van der Waals surface area (Å²) in [5.41, 5.74) is 3.96. The number of hydrogen-bond donors (Lipinski definition) is 0. The summed E-state index contributed by atoms with van der Waals surface area (Å²) in [7, 11) is 0. The third-order valence-electron chi connectivity index (χ3n) is 3.46. The molecule has 4 nitrogen and oxygen atoms in total. The van der Waals surface area contributed by atoms with Gasteiger partial charge >= 0.3 is 0 Å². The summed E-state index contributed by atoms with van der Waals surface area (Å²) in [4.78, 5) is 0.889. The molecule has 0 bridgehead atoms. The van der Waals surface area contributed by atoms with Gasteiger partial charge in [0.2, 0.25) is 4.96 Å². The molecule has 1 aromatic carbocycles. The van der Waals surface area contributed by atoms with Gasteiger partial charge in [0.15, 0.2) is 5.82 Å². The van der Waals surface area contributed by atoms with Crippen molar-refractivity contribution in [2.45, 2.75) is 32.9 Å². The Morgan fingerprint density at radius 2 is 2.05 bits per heavy atom. The van der Waals surface area contributed by atoms with Crippen LogP contribution >= 0.6 is 23.1 Å². The SMILES string of the molecule is CCSCc1nnc2sc(Cc3ccc(C)c(C)c3)nn12. The number of fused-ring (bicyclic) bond motifs is 1. The average molecular weight is 318 g/mol. The lowest BCUT2D eigenvalue weighted by Gasteiger charge is -2.03. The molecule has 2 aromatic heterocycles. The largest absolute Gasteiger partial charge is 0.234 e. The second kappa shape index (κ2) is 6.15. The zero-order valence-electron chi connectivity index (χ0n) is 12.5. The van der Waals surface area contributed by atoms with Crippen LogP contribution in [0.1, 0.15) is 34.4 Å². The second-order valence-corrected chi connectivity index (χ2v) is 7.35. The van der Waals surface area contributed by atoms with Gasteiger partial charge in [0, 0.05) is 6.42 Å². The van der Waals surface area contributed by atoms with Crippen LogP contribution in [-0.4, -0.2) is 25.6 Å². The summed E-state index contributed by atoms with van der Waals surface area (Å²) in [5, 5.41) is 14.2. The smallest absolute Gasteiger partial charge is 0.186 e. The number of aromatic nitrogens is 4. The van der Waals surface area contributed by atoms with Crippen molar-refractivity contribution < 1.29 is 0 Å². The molecule has 0 amide bonds. The van der Waals surface area contributed by atoms with Gasteiger partial charge in [-0.15, -0.1) is 10.2 Å². The third-order valence-corrected chi connectivity index (χ3v) is 5.23. The van der Waals surface area contributed by atoms with E-state index in [0.717, 1.165) is 33.7 Å². The van der Waals surface area contributed by atoms with Crippen molar-refractivity contribution in [3.63, 3.8) is 0 Å². The maximum absolute atomic E-state index is 4.67. The maximum atomic E-state index is 4.67. The normalized spacial score (nSPS) is 11.4. The molecule has 0 atom stereocenters. The van der Waals surface area contributed by atoms with Gasteiger partial charge in [0.25, 0.3) is 0 Å². The van der Waals surface area contributed by atoms with Crippen LogP contribution in [0.15, 0.2) is 18.2 Å². The molecule has 0 aliphatic rings. The van der Waals surface area contributed by atoms with Gasteiger partial charge in [-0.3, -0.25) is 0 Å². The lowest BCUT2D eigenvalue weighted by atomic mass is 10.0. The second-order valence-electron chi connectivity index (χ2n) is 5.04. The molecule has 2 heterocycles. The van der Waals surface area contributed by atoms with E-state index in [9.17, 15) is 0 Å².